The Hall–Kier alpha value is -0.550. The van der Waals surface area contributed by atoms with Crippen LogP contribution in [0.3, 0.4) is 0 Å². The molecule has 0 bridgehead atoms. The van der Waals surface area contributed by atoms with Crippen molar-refractivity contribution < 1.29 is 0 Å². The number of nitrogens with one attached hydrogen (secondary N) is 1. The second-order valence-corrected chi connectivity index (χ2v) is 4.47. The van der Waals surface area contributed by atoms with Gasteiger partial charge in [0.05, 0.1) is 0 Å². The average Bonchev–Trinajstić information content (AvgIpc) is 2.58. The monoisotopic (exact) mass is 214 g/mol. The first kappa shape index (κ1) is 11.5. The molecule has 1 N–H and O–H groups in total. The summed E-state index contributed by atoms with van der Waals surface area (Å²) in [4.78, 5) is 0. The van der Waals surface area contributed by atoms with Gasteiger partial charge in [-0.3, -0.25) is 0 Å². The van der Waals surface area contributed by atoms with Crippen LogP contribution in [0.15, 0.2) is 11.5 Å². The maximum Gasteiger partial charge on any atom is 0.190 e. The Kier molecular flexibility index (Phi) is 4.97. The summed E-state index contributed by atoms with van der Waals surface area (Å²) in [5.74, 6) is 1.11. The summed E-state index contributed by atoms with van der Waals surface area (Å²) < 4.78 is 1.95. The molecular formula is C9H18N4S. The zero-order chi connectivity index (χ0) is 10.4. The van der Waals surface area contributed by atoms with Crippen molar-refractivity contribution in [1.82, 2.24) is 20.1 Å². The van der Waals surface area contributed by atoms with Crippen LogP contribution < -0.4 is 5.32 Å². The van der Waals surface area contributed by atoms with Crippen LogP contribution in [0.25, 0.3) is 0 Å². The molecule has 0 aliphatic rings. The van der Waals surface area contributed by atoms with Crippen molar-refractivity contribution >= 4 is 11.8 Å². The van der Waals surface area contributed by atoms with Gasteiger partial charge in [0.25, 0.3) is 0 Å². The third kappa shape index (κ3) is 3.67. The van der Waals surface area contributed by atoms with E-state index in [1.807, 2.05) is 18.7 Å². The first-order valence-electron chi connectivity index (χ1n) is 4.88. The molecule has 0 spiro atoms. The maximum atomic E-state index is 4.01. The van der Waals surface area contributed by atoms with Crippen LogP contribution in [0.1, 0.15) is 19.8 Å². The molecule has 80 valence electrons. The van der Waals surface area contributed by atoms with Crippen LogP contribution in [-0.4, -0.2) is 33.6 Å². The van der Waals surface area contributed by atoms with Gasteiger partial charge in [-0.25, -0.2) is 0 Å². The van der Waals surface area contributed by atoms with Crippen molar-refractivity contribution in [3.8, 4) is 0 Å². The Balaban J connectivity index is 2.13. The first-order valence-corrected chi connectivity index (χ1v) is 5.86. The largest absolute Gasteiger partial charge is 0.317 e. The minimum Gasteiger partial charge on any atom is -0.317 e. The van der Waals surface area contributed by atoms with E-state index in [0.717, 1.165) is 10.9 Å². The number of rotatable bonds is 6. The molecule has 5 heteroatoms. The van der Waals surface area contributed by atoms with Gasteiger partial charge in [-0.15, -0.1) is 10.2 Å². The Morgan fingerprint density at radius 3 is 3.00 bits per heavy atom. The number of aromatic nitrogens is 3. The summed E-state index contributed by atoms with van der Waals surface area (Å²) in [5, 5.41) is 12.1. The Morgan fingerprint density at radius 1 is 1.64 bits per heavy atom. The van der Waals surface area contributed by atoms with Gasteiger partial charge < -0.3 is 9.88 Å². The molecule has 0 saturated carbocycles. The van der Waals surface area contributed by atoms with E-state index < -0.39 is 0 Å². The maximum absolute atomic E-state index is 4.01. The van der Waals surface area contributed by atoms with E-state index in [9.17, 15) is 0 Å². The third-order valence-corrected chi connectivity index (χ3v) is 3.30. The molecule has 0 saturated heterocycles. The second kappa shape index (κ2) is 6.03. The summed E-state index contributed by atoms with van der Waals surface area (Å²) in [5.41, 5.74) is 0. The van der Waals surface area contributed by atoms with Gasteiger partial charge in [0.15, 0.2) is 5.16 Å². The topological polar surface area (TPSA) is 42.7 Å². The molecule has 1 rings (SSSR count). The van der Waals surface area contributed by atoms with Gasteiger partial charge >= 0.3 is 0 Å². The lowest BCUT2D eigenvalue weighted by Crippen LogP contribution is -2.20. The van der Waals surface area contributed by atoms with Crippen molar-refractivity contribution in [2.24, 2.45) is 7.05 Å². The predicted molar refractivity (Wildman–Crippen MR) is 59.5 cm³/mol. The minimum atomic E-state index is 0.607. The standard InChI is InChI=1S/C9H18N4S/c1-8(10-2)5-4-6-14-9-12-11-7-13(9)3/h7-8,10H,4-6H2,1-3H3. The SMILES string of the molecule is CNC(C)CCCSc1nncn1C. The van der Waals surface area contributed by atoms with Crippen LogP contribution in [0, 0.1) is 0 Å². The fraction of sp³-hybridized carbons (Fsp3) is 0.778. The molecule has 4 nitrogen and oxygen atoms in total. The molecule has 1 aromatic rings. The molecule has 0 fully saturated rings. The zero-order valence-corrected chi connectivity index (χ0v) is 9.84. The van der Waals surface area contributed by atoms with Crippen LogP contribution >= 0.6 is 11.8 Å². The lowest BCUT2D eigenvalue weighted by atomic mass is 10.2. The van der Waals surface area contributed by atoms with Crippen molar-refractivity contribution in [1.29, 1.82) is 0 Å². The summed E-state index contributed by atoms with van der Waals surface area (Å²) in [6, 6.07) is 0.607. The first-order chi connectivity index (χ1) is 6.74. The van der Waals surface area contributed by atoms with Crippen LogP contribution in [0.5, 0.6) is 0 Å². The summed E-state index contributed by atoms with van der Waals surface area (Å²) >= 11 is 1.77. The van der Waals surface area contributed by atoms with Crippen molar-refractivity contribution in [3.05, 3.63) is 6.33 Å². The van der Waals surface area contributed by atoms with E-state index in [1.54, 1.807) is 18.1 Å². The lowest BCUT2D eigenvalue weighted by molar-refractivity contribution is 0.559. The van der Waals surface area contributed by atoms with Crippen LogP contribution in [0.2, 0.25) is 0 Å². The van der Waals surface area contributed by atoms with Gasteiger partial charge in [-0.2, -0.15) is 0 Å². The Morgan fingerprint density at radius 2 is 2.43 bits per heavy atom. The second-order valence-electron chi connectivity index (χ2n) is 3.40. The molecular weight excluding hydrogens is 196 g/mol. The number of hydrogen-bond acceptors (Lipinski definition) is 4. The summed E-state index contributed by atoms with van der Waals surface area (Å²) in [6.07, 6.45) is 4.15. The molecule has 0 radical (unpaired) electrons. The number of aryl methyl sites for hydroxylation is 1. The van der Waals surface area contributed by atoms with Gasteiger partial charge in [0.1, 0.15) is 6.33 Å². The highest BCUT2D eigenvalue weighted by molar-refractivity contribution is 7.99. The highest BCUT2D eigenvalue weighted by Crippen LogP contribution is 2.15. The van der Waals surface area contributed by atoms with Gasteiger partial charge in [-0.05, 0) is 26.8 Å². The van der Waals surface area contributed by atoms with Gasteiger partial charge in [-0.1, -0.05) is 11.8 Å². The molecule has 14 heavy (non-hydrogen) atoms. The summed E-state index contributed by atoms with van der Waals surface area (Å²) in [6.45, 7) is 2.20. The molecule has 1 heterocycles. The lowest BCUT2D eigenvalue weighted by Gasteiger charge is -2.08. The molecule has 1 aromatic heterocycles. The minimum absolute atomic E-state index is 0.607. The number of hydrogen-bond donors (Lipinski definition) is 1. The van der Waals surface area contributed by atoms with Gasteiger partial charge in [0.2, 0.25) is 0 Å². The highest BCUT2D eigenvalue weighted by atomic mass is 32.2. The molecule has 0 amide bonds. The van der Waals surface area contributed by atoms with Gasteiger partial charge in [0, 0.05) is 18.8 Å². The third-order valence-electron chi connectivity index (χ3n) is 2.18. The number of thioether (sulfide) groups is 1. The van der Waals surface area contributed by atoms with Crippen molar-refractivity contribution in [3.63, 3.8) is 0 Å². The normalized spacial score (nSPS) is 13.1. The molecule has 1 atom stereocenters. The summed E-state index contributed by atoms with van der Waals surface area (Å²) in [7, 11) is 3.97. The average molecular weight is 214 g/mol. The Labute approximate surface area is 89.5 Å². The van der Waals surface area contributed by atoms with E-state index in [2.05, 4.69) is 22.4 Å². The molecule has 0 aliphatic heterocycles. The fourth-order valence-corrected chi connectivity index (χ4v) is 1.95. The quantitative estimate of drug-likeness (QED) is 0.572. The molecule has 1 unspecified atom stereocenters. The zero-order valence-electron chi connectivity index (χ0n) is 9.03. The van der Waals surface area contributed by atoms with Crippen LogP contribution in [-0.2, 0) is 7.05 Å². The van der Waals surface area contributed by atoms with Crippen LogP contribution in [0.4, 0.5) is 0 Å². The Bertz CT molecular complexity index is 261. The smallest absolute Gasteiger partial charge is 0.190 e. The fourth-order valence-electron chi connectivity index (χ4n) is 1.10. The van der Waals surface area contributed by atoms with Crippen molar-refractivity contribution in [2.45, 2.75) is 31.0 Å². The number of nitrogens with zero attached hydrogens (tertiary/aromatic N) is 3. The van der Waals surface area contributed by atoms with E-state index in [1.165, 1.54) is 12.8 Å². The van der Waals surface area contributed by atoms with E-state index in [0.29, 0.717) is 6.04 Å². The predicted octanol–water partition coefficient (Wildman–Crippen LogP) is 1.30. The van der Waals surface area contributed by atoms with E-state index in [-0.39, 0.29) is 0 Å². The van der Waals surface area contributed by atoms with E-state index >= 15 is 0 Å². The van der Waals surface area contributed by atoms with E-state index in [4.69, 9.17) is 0 Å². The van der Waals surface area contributed by atoms with Crippen molar-refractivity contribution in [2.75, 3.05) is 12.8 Å². The molecule has 0 aromatic carbocycles. The molecule has 0 aliphatic carbocycles. The highest BCUT2D eigenvalue weighted by Gasteiger charge is 2.02.